The van der Waals surface area contributed by atoms with Crippen LogP contribution in [0, 0.1) is 26.7 Å². The van der Waals surface area contributed by atoms with E-state index in [0.717, 1.165) is 21.3 Å². The minimum absolute atomic E-state index is 0.0919. The molecule has 2 N–H and O–H groups in total. The molecule has 4 aliphatic carbocycles. The number of methoxy groups -OCH3 is 2. The summed E-state index contributed by atoms with van der Waals surface area (Å²) in [7, 11) is 3.08. The van der Waals surface area contributed by atoms with Crippen molar-refractivity contribution in [3.8, 4) is 11.5 Å². The van der Waals surface area contributed by atoms with Crippen molar-refractivity contribution in [2.45, 2.75) is 44.9 Å². The van der Waals surface area contributed by atoms with Crippen molar-refractivity contribution in [1.29, 1.82) is 0 Å². The molecule has 0 atom stereocenters. The number of ether oxygens (including phenoxy) is 2. The zero-order chi connectivity index (χ0) is 19.9. The Balaban J connectivity index is 1.37. The highest BCUT2D eigenvalue weighted by atomic mass is 127. The van der Waals surface area contributed by atoms with Crippen molar-refractivity contribution >= 4 is 34.4 Å². The van der Waals surface area contributed by atoms with Gasteiger partial charge in [-0.2, -0.15) is 0 Å². The Hall–Kier alpha value is -1.51. The molecule has 6 nitrogen and oxygen atoms in total. The maximum Gasteiger partial charge on any atom is 0.270 e. The van der Waals surface area contributed by atoms with Crippen LogP contribution in [0.4, 0.5) is 0 Å². The summed E-state index contributed by atoms with van der Waals surface area (Å²) >= 11 is 2.08. The first kappa shape index (κ1) is 19.8. The molecule has 152 valence electrons. The second-order valence-corrected chi connectivity index (χ2v) is 9.95. The number of benzene rings is 1. The molecule has 0 spiro atoms. The molecule has 0 aromatic heterocycles. The molecule has 0 radical (unpaired) electrons. The highest BCUT2D eigenvalue weighted by Gasteiger charge is 2.51. The van der Waals surface area contributed by atoms with Crippen LogP contribution < -0.4 is 20.3 Å². The lowest BCUT2D eigenvalue weighted by molar-refractivity contribution is -0.130. The minimum Gasteiger partial charge on any atom is -0.493 e. The summed E-state index contributed by atoms with van der Waals surface area (Å²) in [6.45, 7) is 0. The molecular formula is C21H27IN2O4. The van der Waals surface area contributed by atoms with E-state index in [9.17, 15) is 9.59 Å². The van der Waals surface area contributed by atoms with Gasteiger partial charge in [0.25, 0.3) is 5.91 Å². The van der Waals surface area contributed by atoms with Crippen LogP contribution in [0.3, 0.4) is 0 Å². The third-order valence-corrected chi connectivity index (χ3v) is 7.63. The summed E-state index contributed by atoms with van der Waals surface area (Å²) in [5.74, 6) is 3.02. The number of halogens is 1. The highest BCUT2D eigenvalue weighted by molar-refractivity contribution is 14.1. The number of hydrogen-bond acceptors (Lipinski definition) is 4. The lowest BCUT2D eigenvalue weighted by Gasteiger charge is -2.56. The molecule has 1 aromatic carbocycles. The van der Waals surface area contributed by atoms with Gasteiger partial charge in [0.05, 0.1) is 19.8 Å². The van der Waals surface area contributed by atoms with Crippen molar-refractivity contribution in [3.05, 3.63) is 21.3 Å². The first-order chi connectivity index (χ1) is 13.4. The van der Waals surface area contributed by atoms with Gasteiger partial charge in [-0.1, -0.05) is 0 Å². The Morgan fingerprint density at radius 3 is 2.07 bits per heavy atom. The molecule has 4 aliphatic rings. The fraction of sp³-hybridized carbons (Fsp3) is 0.619. The quantitative estimate of drug-likeness (QED) is 0.480. The number of hydrogen-bond donors (Lipinski definition) is 2. The monoisotopic (exact) mass is 498 g/mol. The summed E-state index contributed by atoms with van der Waals surface area (Å²) in [5, 5.41) is 0. The van der Waals surface area contributed by atoms with Gasteiger partial charge in [0, 0.05) is 9.99 Å². The lowest BCUT2D eigenvalue weighted by Crippen LogP contribution is -2.50. The van der Waals surface area contributed by atoms with Crippen LogP contribution in [-0.2, 0) is 4.79 Å². The van der Waals surface area contributed by atoms with Gasteiger partial charge in [0.15, 0.2) is 11.5 Å². The third-order valence-electron chi connectivity index (χ3n) is 6.73. The van der Waals surface area contributed by atoms with E-state index >= 15 is 0 Å². The number of amides is 2. The lowest BCUT2D eigenvalue weighted by atomic mass is 9.49. The van der Waals surface area contributed by atoms with Crippen molar-refractivity contribution in [2.24, 2.45) is 23.2 Å². The van der Waals surface area contributed by atoms with Gasteiger partial charge in [-0.15, -0.1) is 0 Å². The summed E-state index contributed by atoms with van der Waals surface area (Å²) in [5.41, 5.74) is 5.80. The van der Waals surface area contributed by atoms with Crippen molar-refractivity contribution < 1.29 is 19.1 Å². The Morgan fingerprint density at radius 1 is 1.00 bits per heavy atom. The Morgan fingerprint density at radius 2 is 1.54 bits per heavy atom. The van der Waals surface area contributed by atoms with Crippen LogP contribution in [0.15, 0.2) is 12.1 Å². The SMILES string of the molecule is COc1cc(I)c(C(=O)NNC(=O)CC23CC4CC(CC(C4)C2)C3)cc1OC. The molecule has 0 aliphatic heterocycles. The smallest absolute Gasteiger partial charge is 0.270 e. The van der Waals surface area contributed by atoms with Crippen LogP contribution in [-0.4, -0.2) is 26.0 Å². The minimum atomic E-state index is -0.357. The van der Waals surface area contributed by atoms with Crippen molar-refractivity contribution in [1.82, 2.24) is 10.9 Å². The predicted molar refractivity (Wildman–Crippen MR) is 113 cm³/mol. The third kappa shape index (κ3) is 3.82. The molecule has 4 bridgehead atoms. The van der Waals surface area contributed by atoms with Crippen molar-refractivity contribution in [3.63, 3.8) is 0 Å². The normalized spacial score (nSPS) is 30.0. The topological polar surface area (TPSA) is 76.7 Å². The van der Waals surface area contributed by atoms with E-state index in [1.807, 2.05) is 0 Å². The molecule has 0 saturated heterocycles. The number of nitrogens with one attached hydrogen (secondary N) is 2. The largest absolute Gasteiger partial charge is 0.493 e. The fourth-order valence-electron chi connectivity index (χ4n) is 6.11. The Kier molecular flexibility index (Phi) is 5.46. The molecule has 0 unspecified atom stereocenters. The van der Waals surface area contributed by atoms with Gasteiger partial charge < -0.3 is 9.47 Å². The van der Waals surface area contributed by atoms with Crippen LogP contribution in [0.5, 0.6) is 11.5 Å². The molecule has 5 rings (SSSR count). The second kappa shape index (κ2) is 7.72. The summed E-state index contributed by atoms with van der Waals surface area (Å²) < 4.78 is 11.2. The maximum absolute atomic E-state index is 12.6. The molecule has 4 saturated carbocycles. The van der Waals surface area contributed by atoms with Gasteiger partial charge in [-0.25, -0.2) is 0 Å². The number of carbonyl (C=O) groups is 2. The molecule has 28 heavy (non-hydrogen) atoms. The number of rotatable bonds is 5. The molecule has 7 heteroatoms. The number of hydrazine groups is 1. The van der Waals surface area contributed by atoms with Crippen molar-refractivity contribution in [2.75, 3.05) is 14.2 Å². The summed E-state index contributed by atoms with van der Waals surface area (Å²) in [6, 6.07) is 3.37. The maximum atomic E-state index is 12.6. The average molecular weight is 498 g/mol. The first-order valence-electron chi connectivity index (χ1n) is 9.92. The molecular weight excluding hydrogens is 471 g/mol. The Labute approximate surface area is 179 Å². The van der Waals surface area contributed by atoms with Gasteiger partial charge in [-0.3, -0.25) is 20.4 Å². The summed E-state index contributed by atoms with van der Waals surface area (Å²) in [4.78, 5) is 25.2. The van der Waals surface area contributed by atoms with Gasteiger partial charge in [0.2, 0.25) is 5.91 Å². The average Bonchev–Trinajstić information content (AvgIpc) is 2.64. The standard InChI is InChI=1S/C21H27IN2O4/c1-27-17-6-15(16(22)7-18(17)28-2)20(26)24-23-19(25)11-21-8-12-3-13(9-21)5-14(4-12)10-21/h6-7,12-14H,3-5,8-11H2,1-2H3,(H,23,25)(H,24,26). The molecule has 2 amide bonds. The highest BCUT2D eigenvalue weighted by Crippen LogP contribution is 2.61. The van der Waals surface area contributed by atoms with Gasteiger partial charge in [0.1, 0.15) is 0 Å². The predicted octanol–water partition coefficient (Wildman–Crippen LogP) is 3.68. The molecule has 1 aromatic rings. The first-order valence-corrected chi connectivity index (χ1v) is 11.0. The van der Waals surface area contributed by atoms with Crippen LogP contribution >= 0.6 is 22.6 Å². The summed E-state index contributed by atoms with van der Waals surface area (Å²) in [6.07, 6.45) is 8.11. The zero-order valence-electron chi connectivity index (χ0n) is 16.3. The Bertz CT molecular complexity index is 760. The molecule has 0 heterocycles. The van der Waals surface area contributed by atoms with E-state index in [0.29, 0.717) is 23.5 Å². The zero-order valence-corrected chi connectivity index (χ0v) is 18.5. The van der Waals surface area contributed by atoms with E-state index < -0.39 is 0 Å². The second-order valence-electron chi connectivity index (χ2n) is 8.78. The van der Waals surface area contributed by atoms with E-state index in [1.165, 1.54) is 45.6 Å². The number of carbonyl (C=O) groups excluding carboxylic acids is 2. The van der Waals surface area contributed by atoms with E-state index in [2.05, 4.69) is 33.4 Å². The van der Waals surface area contributed by atoms with E-state index in [4.69, 9.17) is 9.47 Å². The van der Waals surface area contributed by atoms with Gasteiger partial charge >= 0.3 is 0 Å². The van der Waals surface area contributed by atoms with Crippen LogP contribution in [0.25, 0.3) is 0 Å². The fourth-order valence-corrected chi connectivity index (χ4v) is 6.80. The van der Waals surface area contributed by atoms with Crippen LogP contribution in [0.2, 0.25) is 0 Å². The van der Waals surface area contributed by atoms with Gasteiger partial charge in [-0.05, 0) is 96.4 Å². The van der Waals surface area contributed by atoms with Crippen LogP contribution in [0.1, 0.15) is 55.3 Å². The van der Waals surface area contributed by atoms with E-state index in [1.54, 1.807) is 19.2 Å². The molecule has 4 fully saturated rings. The van der Waals surface area contributed by atoms with E-state index in [-0.39, 0.29) is 17.2 Å².